The zero-order valence-corrected chi connectivity index (χ0v) is 19.0. The molecular formula is C25H25ClN4O2. The molecule has 1 amide bonds. The summed E-state index contributed by atoms with van der Waals surface area (Å²) in [6.07, 6.45) is 2.05. The van der Waals surface area contributed by atoms with Crippen molar-refractivity contribution in [3.8, 4) is 0 Å². The van der Waals surface area contributed by atoms with Crippen LogP contribution in [0.3, 0.4) is 0 Å². The smallest absolute Gasteiger partial charge is 0.242 e. The summed E-state index contributed by atoms with van der Waals surface area (Å²) in [5.41, 5.74) is 6.26. The summed E-state index contributed by atoms with van der Waals surface area (Å²) in [4.78, 5) is 12.9. The number of benzene rings is 2. The van der Waals surface area contributed by atoms with Crippen molar-refractivity contribution in [3.05, 3.63) is 70.4 Å². The number of rotatable bonds is 3. The van der Waals surface area contributed by atoms with E-state index in [1.165, 1.54) is 0 Å². The van der Waals surface area contributed by atoms with Crippen LogP contribution in [0.1, 0.15) is 43.9 Å². The second kappa shape index (κ2) is 7.80. The zero-order valence-electron chi connectivity index (χ0n) is 18.3. The van der Waals surface area contributed by atoms with Gasteiger partial charge in [-0.25, -0.2) is 5.01 Å². The minimum Gasteiger partial charge on any atom is -0.369 e. The Morgan fingerprint density at radius 3 is 2.84 bits per heavy atom. The maximum absolute atomic E-state index is 12.9. The van der Waals surface area contributed by atoms with Crippen LogP contribution in [0.15, 0.2) is 59.3 Å². The molecule has 5 rings (SSSR count). The van der Waals surface area contributed by atoms with Crippen molar-refractivity contribution in [2.45, 2.75) is 39.0 Å². The summed E-state index contributed by atoms with van der Waals surface area (Å²) in [6.45, 7) is 3.81. The highest BCUT2D eigenvalue weighted by Crippen LogP contribution is 2.41. The summed E-state index contributed by atoms with van der Waals surface area (Å²) in [7, 11) is 2.01. The number of aryl methyl sites for hydroxylation is 1. The largest absolute Gasteiger partial charge is 0.369 e. The van der Waals surface area contributed by atoms with Crippen LogP contribution in [-0.4, -0.2) is 32.5 Å². The third-order valence-electron chi connectivity index (χ3n) is 6.42. The maximum Gasteiger partial charge on any atom is 0.242 e. The molecule has 1 aromatic heterocycles. The first-order chi connectivity index (χ1) is 15.4. The number of hydrazone groups is 1. The third-order valence-corrected chi connectivity index (χ3v) is 6.66. The Balaban J connectivity index is 1.61. The van der Waals surface area contributed by atoms with E-state index in [2.05, 4.69) is 28.2 Å². The number of fused-ring (bicyclic) bond motifs is 2. The molecule has 2 unspecified atom stereocenters. The number of carbonyl (C=O) groups excluding carboxylic acids is 1. The van der Waals surface area contributed by atoms with Gasteiger partial charge < -0.3 is 15.0 Å². The van der Waals surface area contributed by atoms with E-state index in [0.29, 0.717) is 29.1 Å². The fourth-order valence-corrected chi connectivity index (χ4v) is 5.01. The van der Waals surface area contributed by atoms with Crippen molar-refractivity contribution in [2.24, 2.45) is 12.1 Å². The van der Waals surface area contributed by atoms with Crippen LogP contribution in [0, 0.1) is 0 Å². The molecule has 32 heavy (non-hydrogen) atoms. The van der Waals surface area contributed by atoms with Crippen LogP contribution in [0.25, 0.3) is 16.5 Å². The first kappa shape index (κ1) is 20.8. The fraction of sp³-hybridized carbons (Fsp3) is 0.280. The van der Waals surface area contributed by atoms with E-state index in [9.17, 15) is 9.90 Å². The predicted molar refractivity (Wildman–Crippen MR) is 129 cm³/mol. The summed E-state index contributed by atoms with van der Waals surface area (Å²) in [6, 6.07) is 13.5. The standard InChI is InChI=1S/C25H25ClN4O2/c1-4-23(31)30-22(18-13-29(3)21-8-6-5-7-16(18)21)12-20(28-30)24-14(2)17-11-15(26)9-10-19(17)27-25(24)32/h5-11,13,22,25,27,32H,4,12H2,1-3H3. The highest BCUT2D eigenvalue weighted by molar-refractivity contribution is 6.31. The molecule has 2 aliphatic rings. The van der Waals surface area contributed by atoms with E-state index < -0.39 is 6.23 Å². The Bertz CT molecular complexity index is 1310. The number of para-hydroxylation sites is 1. The quantitative estimate of drug-likeness (QED) is 0.586. The lowest BCUT2D eigenvalue weighted by atomic mass is 9.89. The Morgan fingerprint density at radius 2 is 2.06 bits per heavy atom. The number of carbonyl (C=O) groups is 1. The molecule has 3 heterocycles. The van der Waals surface area contributed by atoms with E-state index in [0.717, 1.165) is 33.3 Å². The molecule has 0 saturated heterocycles. The number of nitrogens with zero attached hydrogens (tertiary/aromatic N) is 3. The second-order valence-corrected chi connectivity index (χ2v) is 8.78. The van der Waals surface area contributed by atoms with Gasteiger partial charge in [-0.1, -0.05) is 36.7 Å². The maximum atomic E-state index is 12.9. The van der Waals surface area contributed by atoms with E-state index in [1.807, 2.05) is 45.2 Å². The third kappa shape index (κ3) is 3.22. The number of hydrogen-bond donors (Lipinski definition) is 2. The van der Waals surface area contributed by atoms with Gasteiger partial charge in [-0.3, -0.25) is 4.79 Å². The molecule has 2 aliphatic heterocycles. The van der Waals surface area contributed by atoms with Gasteiger partial charge in [0.2, 0.25) is 5.91 Å². The highest BCUT2D eigenvalue weighted by Gasteiger charge is 2.38. The zero-order chi connectivity index (χ0) is 22.6. The van der Waals surface area contributed by atoms with Crippen molar-refractivity contribution < 1.29 is 9.90 Å². The normalized spacial score (nSPS) is 20.4. The lowest BCUT2D eigenvalue weighted by molar-refractivity contribution is -0.132. The summed E-state index contributed by atoms with van der Waals surface area (Å²) < 4.78 is 2.08. The van der Waals surface area contributed by atoms with Crippen molar-refractivity contribution in [1.82, 2.24) is 9.58 Å². The van der Waals surface area contributed by atoms with Crippen LogP contribution in [0.4, 0.5) is 5.69 Å². The van der Waals surface area contributed by atoms with Gasteiger partial charge in [0.05, 0.1) is 11.8 Å². The van der Waals surface area contributed by atoms with Gasteiger partial charge in [0.15, 0.2) is 6.23 Å². The van der Waals surface area contributed by atoms with Gasteiger partial charge >= 0.3 is 0 Å². The SMILES string of the molecule is CCC(=O)N1N=C(C2=C(C)c3cc(Cl)ccc3NC2O)CC1c1cn(C)c2ccccc12. The monoisotopic (exact) mass is 448 g/mol. The van der Waals surface area contributed by atoms with Gasteiger partial charge in [-0.05, 0) is 36.8 Å². The van der Waals surface area contributed by atoms with Gasteiger partial charge in [-0.15, -0.1) is 0 Å². The summed E-state index contributed by atoms with van der Waals surface area (Å²) in [5.74, 6) is -0.0436. The van der Waals surface area contributed by atoms with Crippen molar-refractivity contribution in [1.29, 1.82) is 0 Å². The molecule has 6 nitrogen and oxygen atoms in total. The molecule has 0 bridgehead atoms. The van der Waals surface area contributed by atoms with Gasteiger partial charge in [0.1, 0.15) is 0 Å². The number of amides is 1. The van der Waals surface area contributed by atoms with E-state index in [-0.39, 0.29) is 11.9 Å². The van der Waals surface area contributed by atoms with E-state index in [4.69, 9.17) is 16.7 Å². The number of aromatic nitrogens is 1. The summed E-state index contributed by atoms with van der Waals surface area (Å²) in [5, 5.41) is 22.2. The molecule has 2 atom stereocenters. The molecule has 3 aromatic rings. The minimum atomic E-state index is -0.910. The molecular weight excluding hydrogens is 424 g/mol. The lowest BCUT2D eigenvalue weighted by Crippen LogP contribution is -2.30. The van der Waals surface area contributed by atoms with E-state index in [1.54, 1.807) is 11.1 Å². The minimum absolute atomic E-state index is 0.0436. The topological polar surface area (TPSA) is 69.9 Å². The average Bonchev–Trinajstić information content (AvgIpc) is 3.36. The first-order valence-electron chi connectivity index (χ1n) is 10.8. The molecule has 0 spiro atoms. The number of halogens is 1. The van der Waals surface area contributed by atoms with Crippen LogP contribution in [0.5, 0.6) is 0 Å². The highest BCUT2D eigenvalue weighted by atomic mass is 35.5. The van der Waals surface area contributed by atoms with Crippen LogP contribution in [-0.2, 0) is 11.8 Å². The Hall–Kier alpha value is -3.09. The number of nitrogens with one attached hydrogen (secondary N) is 1. The van der Waals surface area contributed by atoms with Crippen molar-refractivity contribution in [3.63, 3.8) is 0 Å². The van der Waals surface area contributed by atoms with Crippen molar-refractivity contribution in [2.75, 3.05) is 5.32 Å². The Morgan fingerprint density at radius 1 is 1.28 bits per heavy atom. The Labute approximate surface area is 191 Å². The van der Waals surface area contributed by atoms with Crippen LogP contribution in [0.2, 0.25) is 5.02 Å². The Kier molecular flexibility index (Phi) is 5.07. The first-order valence-corrected chi connectivity index (χ1v) is 11.2. The van der Waals surface area contributed by atoms with Crippen molar-refractivity contribution >= 4 is 45.4 Å². The predicted octanol–water partition coefficient (Wildman–Crippen LogP) is 5.09. The van der Waals surface area contributed by atoms with Crippen LogP contribution < -0.4 is 5.32 Å². The molecule has 0 aliphatic carbocycles. The summed E-state index contributed by atoms with van der Waals surface area (Å²) >= 11 is 6.23. The molecule has 0 radical (unpaired) electrons. The number of aliphatic hydroxyl groups excluding tert-OH is 1. The lowest BCUT2D eigenvalue weighted by Gasteiger charge is -2.28. The average molecular weight is 449 g/mol. The van der Waals surface area contributed by atoms with Gasteiger partial charge in [-0.2, -0.15) is 5.10 Å². The number of anilines is 1. The number of hydrogen-bond acceptors (Lipinski definition) is 4. The van der Waals surface area contributed by atoms with Gasteiger partial charge in [0.25, 0.3) is 0 Å². The molecule has 2 N–H and O–H groups in total. The molecule has 164 valence electrons. The number of aliphatic hydroxyl groups is 1. The van der Waals surface area contributed by atoms with E-state index >= 15 is 0 Å². The number of allylic oxidation sites excluding steroid dienone is 1. The van der Waals surface area contributed by atoms with Gasteiger partial charge in [0, 0.05) is 64.4 Å². The molecule has 2 aromatic carbocycles. The fourth-order valence-electron chi connectivity index (χ4n) is 4.84. The molecule has 7 heteroatoms. The van der Waals surface area contributed by atoms with Crippen LogP contribution >= 0.6 is 11.6 Å². The second-order valence-electron chi connectivity index (χ2n) is 8.35. The molecule has 0 fully saturated rings. The molecule has 0 saturated carbocycles.